The second kappa shape index (κ2) is 11.2. The van der Waals surface area contributed by atoms with Crippen LogP contribution in [-0.4, -0.2) is 29.5 Å². The van der Waals surface area contributed by atoms with Gasteiger partial charge in [-0.25, -0.2) is 9.18 Å². The predicted molar refractivity (Wildman–Crippen MR) is 137 cm³/mol. The Labute approximate surface area is 209 Å². The number of benzene rings is 3. The molecule has 0 saturated carbocycles. The lowest BCUT2D eigenvalue weighted by atomic mass is 10.1. The molecule has 36 heavy (non-hydrogen) atoms. The molecule has 182 valence electrons. The Kier molecular flexibility index (Phi) is 7.66. The number of carbonyl (C=O) groups is 1. The maximum Gasteiger partial charge on any atom is 0.358 e. The first kappa shape index (κ1) is 24.6. The van der Waals surface area contributed by atoms with Crippen molar-refractivity contribution in [3.8, 4) is 17.6 Å². The van der Waals surface area contributed by atoms with Crippen LogP contribution in [0.1, 0.15) is 39.8 Å². The lowest BCUT2D eigenvalue weighted by Crippen LogP contribution is -2.15. The molecule has 0 bridgehead atoms. The molecule has 0 fully saturated rings. The highest BCUT2D eigenvalue weighted by Gasteiger charge is 2.23. The first-order chi connectivity index (χ1) is 17.5. The first-order valence-corrected chi connectivity index (χ1v) is 11.5. The molecule has 0 aliphatic heterocycles. The van der Waals surface area contributed by atoms with Gasteiger partial charge in [-0.1, -0.05) is 24.0 Å². The van der Waals surface area contributed by atoms with Gasteiger partial charge in [0.15, 0.2) is 5.69 Å². The molecular weight excluding hydrogens is 457 g/mol. The Bertz CT molecular complexity index is 1400. The summed E-state index contributed by atoms with van der Waals surface area (Å²) < 4.78 is 25.3. The van der Waals surface area contributed by atoms with Crippen molar-refractivity contribution >= 4 is 17.3 Å². The summed E-state index contributed by atoms with van der Waals surface area (Å²) in [6.45, 7) is 4.27. The van der Waals surface area contributed by atoms with E-state index >= 15 is 0 Å². The zero-order chi connectivity index (χ0) is 25.5. The van der Waals surface area contributed by atoms with Gasteiger partial charge in [-0.05, 0) is 80.1 Å². The molecule has 0 atom stereocenters. The van der Waals surface area contributed by atoms with E-state index in [0.29, 0.717) is 23.6 Å². The number of ether oxygens (including phenoxy) is 2. The van der Waals surface area contributed by atoms with Gasteiger partial charge in [-0.2, -0.15) is 5.10 Å². The van der Waals surface area contributed by atoms with Crippen molar-refractivity contribution in [1.29, 1.82) is 0 Å². The van der Waals surface area contributed by atoms with Gasteiger partial charge in [0.1, 0.15) is 11.6 Å². The third-order valence-electron chi connectivity index (χ3n) is 5.44. The molecule has 1 heterocycles. The minimum absolute atomic E-state index is 0.256. The number of aryl methyl sites for hydroxylation is 1. The first-order valence-electron chi connectivity index (χ1n) is 11.5. The number of hydrogen-bond donors (Lipinski definition) is 1. The van der Waals surface area contributed by atoms with E-state index < -0.39 is 5.97 Å². The lowest BCUT2D eigenvalue weighted by molar-refractivity contribution is 0.0514. The molecule has 0 amide bonds. The molecular formula is C29H26FN3O3. The lowest BCUT2D eigenvalue weighted by Gasteiger charge is -2.11. The molecule has 0 unspecified atom stereocenters. The highest BCUT2D eigenvalue weighted by molar-refractivity contribution is 5.95. The molecule has 0 radical (unpaired) electrons. The third kappa shape index (κ3) is 5.91. The van der Waals surface area contributed by atoms with Crippen molar-refractivity contribution in [2.45, 2.75) is 20.4 Å². The second-order valence-electron chi connectivity index (χ2n) is 7.99. The Morgan fingerprint density at radius 1 is 0.972 bits per heavy atom. The van der Waals surface area contributed by atoms with Crippen LogP contribution in [0.25, 0.3) is 0 Å². The van der Waals surface area contributed by atoms with Crippen molar-refractivity contribution in [3.63, 3.8) is 0 Å². The van der Waals surface area contributed by atoms with Gasteiger partial charge in [-0.15, -0.1) is 0 Å². The van der Waals surface area contributed by atoms with E-state index in [4.69, 9.17) is 9.47 Å². The Morgan fingerprint density at radius 3 is 2.17 bits per heavy atom. The summed E-state index contributed by atoms with van der Waals surface area (Å²) in [7, 11) is 1.62. The normalized spacial score (nSPS) is 10.3. The van der Waals surface area contributed by atoms with Gasteiger partial charge < -0.3 is 14.8 Å². The minimum Gasteiger partial charge on any atom is -0.497 e. The molecule has 3 aromatic carbocycles. The largest absolute Gasteiger partial charge is 0.497 e. The summed E-state index contributed by atoms with van der Waals surface area (Å²) in [5, 5.41) is 7.93. The van der Waals surface area contributed by atoms with E-state index in [9.17, 15) is 9.18 Å². The topological polar surface area (TPSA) is 65.4 Å². The van der Waals surface area contributed by atoms with E-state index in [1.807, 2.05) is 55.5 Å². The van der Waals surface area contributed by atoms with Gasteiger partial charge in [0.2, 0.25) is 0 Å². The van der Waals surface area contributed by atoms with Gasteiger partial charge in [-0.3, -0.25) is 4.68 Å². The van der Waals surface area contributed by atoms with E-state index in [1.165, 1.54) is 12.1 Å². The maximum atomic E-state index is 13.1. The fourth-order valence-corrected chi connectivity index (χ4v) is 3.62. The number of halogens is 1. The molecule has 0 spiro atoms. The minimum atomic E-state index is -0.448. The van der Waals surface area contributed by atoms with Crippen LogP contribution in [0.2, 0.25) is 0 Å². The number of nitrogens with zero attached hydrogens (tertiary/aromatic N) is 2. The summed E-state index contributed by atoms with van der Waals surface area (Å²) >= 11 is 0. The zero-order valence-electron chi connectivity index (χ0n) is 20.3. The number of methoxy groups -OCH3 is 1. The molecule has 7 heteroatoms. The average Bonchev–Trinajstić information content (AvgIpc) is 3.19. The number of aromatic nitrogens is 2. The van der Waals surface area contributed by atoms with Crippen LogP contribution < -0.4 is 10.1 Å². The molecule has 0 aliphatic carbocycles. The fraction of sp³-hybridized carbons (Fsp3) is 0.172. The maximum absolute atomic E-state index is 13.1. The van der Waals surface area contributed by atoms with E-state index in [-0.39, 0.29) is 12.4 Å². The smallest absolute Gasteiger partial charge is 0.358 e. The zero-order valence-corrected chi connectivity index (χ0v) is 20.3. The van der Waals surface area contributed by atoms with Crippen molar-refractivity contribution in [3.05, 3.63) is 107 Å². The monoisotopic (exact) mass is 483 g/mol. The van der Waals surface area contributed by atoms with Gasteiger partial charge >= 0.3 is 5.97 Å². The molecule has 0 saturated heterocycles. The van der Waals surface area contributed by atoms with Crippen LogP contribution in [-0.2, 0) is 11.3 Å². The van der Waals surface area contributed by atoms with Crippen LogP contribution in [0.15, 0.2) is 72.8 Å². The van der Waals surface area contributed by atoms with Crippen molar-refractivity contribution < 1.29 is 18.7 Å². The molecule has 4 aromatic rings. The standard InChI is InChI=1S/C29H26FN3O3/c1-4-36-29(34)28-27(20(2)32-33(28)19-23-11-17-26(35-3)18-12-23)31-25-15-9-22(10-16-25)6-5-21-7-13-24(30)14-8-21/h7-18,31H,4,19H2,1-3H3. The van der Waals surface area contributed by atoms with Crippen LogP contribution in [0.3, 0.4) is 0 Å². The molecule has 1 N–H and O–H groups in total. The Morgan fingerprint density at radius 2 is 1.58 bits per heavy atom. The summed E-state index contributed by atoms with van der Waals surface area (Å²) in [5.74, 6) is 6.11. The van der Waals surface area contributed by atoms with E-state index in [1.54, 1.807) is 30.8 Å². The molecule has 1 aromatic heterocycles. The SMILES string of the molecule is CCOC(=O)c1c(Nc2ccc(C#Cc3ccc(F)cc3)cc2)c(C)nn1Cc1ccc(OC)cc1. The summed E-state index contributed by atoms with van der Waals surface area (Å²) in [5.41, 5.74) is 4.91. The number of nitrogens with one attached hydrogen (secondary N) is 1. The third-order valence-corrected chi connectivity index (χ3v) is 5.44. The van der Waals surface area contributed by atoms with E-state index in [2.05, 4.69) is 22.3 Å². The highest BCUT2D eigenvalue weighted by atomic mass is 19.1. The number of hydrogen-bond acceptors (Lipinski definition) is 5. The van der Waals surface area contributed by atoms with Gasteiger partial charge in [0.05, 0.1) is 31.6 Å². The van der Waals surface area contributed by atoms with Crippen LogP contribution in [0, 0.1) is 24.6 Å². The molecule has 6 nitrogen and oxygen atoms in total. The molecule has 4 rings (SSSR count). The predicted octanol–water partition coefficient (Wildman–Crippen LogP) is 5.71. The molecule has 0 aliphatic rings. The van der Waals surface area contributed by atoms with Crippen molar-refractivity contribution in [1.82, 2.24) is 9.78 Å². The summed E-state index contributed by atoms with van der Waals surface area (Å²) in [6.07, 6.45) is 0. The Hall–Kier alpha value is -4.57. The average molecular weight is 484 g/mol. The highest BCUT2D eigenvalue weighted by Crippen LogP contribution is 2.27. The van der Waals surface area contributed by atoms with Crippen LogP contribution in [0.4, 0.5) is 15.8 Å². The van der Waals surface area contributed by atoms with Crippen LogP contribution >= 0.6 is 0 Å². The Balaban J connectivity index is 1.57. The van der Waals surface area contributed by atoms with Gasteiger partial charge in [0.25, 0.3) is 0 Å². The van der Waals surface area contributed by atoms with Gasteiger partial charge in [0, 0.05) is 16.8 Å². The van der Waals surface area contributed by atoms with Crippen molar-refractivity contribution in [2.24, 2.45) is 0 Å². The number of carbonyl (C=O) groups excluding carboxylic acids is 1. The number of esters is 1. The fourth-order valence-electron chi connectivity index (χ4n) is 3.62. The van der Waals surface area contributed by atoms with E-state index in [0.717, 1.165) is 28.1 Å². The van der Waals surface area contributed by atoms with Crippen molar-refractivity contribution in [2.75, 3.05) is 19.0 Å². The summed E-state index contributed by atoms with van der Waals surface area (Å²) in [4.78, 5) is 12.9. The number of rotatable bonds is 7. The van der Waals surface area contributed by atoms with Crippen LogP contribution in [0.5, 0.6) is 5.75 Å². The summed E-state index contributed by atoms with van der Waals surface area (Å²) in [6, 6.07) is 21.2. The number of anilines is 2. The second-order valence-corrected chi connectivity index (χ2v) is 7.99. The quantitative estimate of drug-likeness (QED) is 0.270.